The number of hydrogen-bond donors (Lipinski definition) is 0. The third-order valence-electron chi connectivity index (χ3n) is 4.11. The Morgan fingerprint density at radius 3 is 2.81 bits per heavy atom. The van der Waals surface area contributed by atoms with Crippen molar-refractivity contribution in [3.63, 3.8) is 0 Å². The fourth-order valence-corrected chi connectivity index (χ4v) is 3.10. The van der Waals surface area contributed by atoms with E-state index < -0.39 is 0 Å². The summed E-state index contributed by atoms with van der Waals surface area (Å²) in [4.78, 5) is 11.5. The Balaban J connectivity index is 2.25. The van der Waals surface area contributed by atoms with Crippen molar-refractivity contribution >= 4 is 5.78 Å². The quantitative estimate of drug-likeness (QED) is 0.527. The highest BCUT2D eigenvalue weighted by molar-refractivity contribution is 5.82. The maximum atomic E-state index is 11.5. The molecule has 1 saturated carbocycles. The van der Waals surface area contributed by atoms with Gasteiger partial charge in [-0.2, -0.15) is 0 Å². The van der Waals surface area contributed by atoms with Crippen LogP contribution in [0.4, 0.5) is 0 Å². The van der Waals surface area contributed by atoms with Crippen LogP contribution in [-0.2, 0) is 9.53 Å². The van der Waals surface area contributed by atoms with Gasteiger partial charge in [0.15, 0.2) is 0 Å². The highest BCUT2D eigenvalue weighted by atomic mass is 16.5. The van der Waals surface area contributed by atoms with Gasteiger partial charge in [-0.3, -0.25) is 4.79 Å². The van der Waals surface area contributed by atoms with Crippen LogP contribution in [0.5, 0.6) is 0 Å². The molecule has 0 N–H and O–H groups in total. The molecule has 0 radical (unpaired) electrons. The molecule has 0 spiro atoms. The van der Waals surface area contributed by atoms with Crippen molar-refractivity contribution in [3.05, 3.63) is 23.5 Å². The summed E-state index contributed by atoms with van der Waals surface area (Å²) < 4.78 is 5.30. The average molecular weight is 220 g/mol. The van der Waals surface area contributed by atoms with Gasteiger partial charge < -0.3 is 4.74 Å². The number of hydrogen-bond acceptors (Lipinski definition) is 2. The van der Waals surface area contributed by atoms with Gasteiger partial charge in [0.1, 0.15) is 5.78 Å². The van der Waals surface area contributed by atoms with Crippen molar-refractivity contribution < 1.29 is 9.53 Å². The molecule has 0 aromatic carbocycles. The lowest BCUT2D eigenvalue weighted by atomic mass is 9.68. The highest BCUT2D eigenvalue weighted by Crippen LogP contribution is 2.44. The Morgan fingerprint density at radius 2 is 2.12 bits per heavy atom. The second kappa shape index (κ2) is 4.44. The monoisotopic (exact) mass is 220 g/mol. The predicted molar refractivity (Wildman–Crippen MR) is 63.9 cm³/mol. The van der Waals surface area contributed by atoms with Crippen LogP contribution in [-0.4, -0.2) is 12.9 Å². The van der Waals surface area contributed by atoms with E-state index in [1.54, 1.807) is 7.11 Å². The Kier molecular flexibility index (Phi) is 3.17. The Labute approximate surface area is 97.4 Å². The largest absolute Gasteiger partial charge is 0.501 e. The lowest BCUT2D eigenvalue weighted by Gasteiger charge is -2.37. The molecule has 0 aromatic heterocycles. The van der Waals surface area contributed by atoms with Crippen LogP contribution in [0, 0.1) is 11.8 Å². The van der Waals surface area contributed by atoms with Crippen LogP contribution in [0.2, 0.25) is 0 Å². The zero-order valence-corrected chi connectivity index (χ0v) is 10.2. The van der Waals surface area contributed by atoms with Gasteiger partial charge in [-0.25, -0.2) is 0 Å². The number of carbonyl (C=O) groups is 1. The molecule has 0 aliphatic heterocycles. The zero-order valence-electron chi connectivity index (χ0n) is 10.2. The van der Waals surface area contributed by atoms with E-state index in [0.717, 1.165) is 31.4 Å². The van der Waals surface area contributed by atoms with Gasteiger partial charge in [0.05, 0.1) is 12.9 Å². The van der Waals surface area contributed by atoms with Gasteiger partial charge in [-0.05, 0) is 32.1 Å². The maximum absolute atomic E-state index is 11.5. The van der Waals surface area contributed by atoms with E-state index in [1.807, 2.05) is 0 Å². The normalized spacial score (nSPS) is 30.0. The molecule has 0 heterocycles. The van der Waals surface area contributed by atoms with E-state index in [-0.39, 0.29) is 0 Å². The first-order valence-corrected chi connectivity index (χ1v) is 6.06. The molecule has 2 heteroatoms. The second-order valence-electron chi connectivity index (χ2n) is 4.98. The lowest BCUT2D eigenvalue weighted by Crippen LogP contribution is -2.29. The first-order valence-electron chi connectivity index (χ1n) is 6.06. The summed E-state index contributed by atoms with van der Waals surface area (Å²) in [6, 6.07) is 0. The topological polar surface area (TPSA) is 26.3 Å². The van der Waals surface area contributed by atoms with Crippen molar-refractivity contribution in [1.82, 2.24) is 0 Å². The number of ether oxygens (including phenoxy) is 1. The summed E-state index contributed by atoms with van der Waals surface area (Å²) in [5, 5.41) is 0. The van der Waals surface area contributed by atoms with E-state index >= 15 is 0 Å². The fraction of sp³-hybridized carbons (Fsp3) is 0.643. The van der Waals surface area contributed by atoms with Crippen LogP contribution in [0.3, 0.4) is 0 Å². The van der Waals surface area contributed by atoms with E-state index in [2.05, 4.69) is 13.5 Å². The zero-order chi connectivity index (χ0) is 11.7. The molecule has 2 aliphatic rings. The first kappa shape index (κ1) is 11.4. The second-order valence-corrected chi connectivity index (χ2v) is 4.98. The highest BCUT2D eigenvalue weighted by Gasteiger charge is 2.36. The van der Waals surface area contributed by atoms with Crippen molar-refractivity contribution in [3.8, 4) is 0 Å². The smallest absolute Gasteiger partial charge is 0.136 e. The molecule has 0 amide bonds. The van der Waals surface area contributed by atoms with Crippen LogP contribution < -0.4 is 0 Å². The minimum Gasteiger partial charge on any atom is -0.501 e. The maximum Gasteiger partial charge on any atom is 0.136 e. The summed E-state index contributed by atoms with van der Waals surface area (Å²) in [5.41, 5.74) is 2.81. The molecular formula is C14H20O2. The number of ketones is 1. The number of methoxy groups -OCH3 is 1. The summed E-state index contributed by atoms with van der Waals surface area (Å²) in [6.07, 6.45) is 4.60. The van der Waals surface area contributed by atoms with Crippen LogP contribution in [0.1, 0.15) is 39.0 Å². The van der Waals surface area contributed by atoms with Gasteiger partial charge >= 0.3 is 0 Å². The molecule has 1 unspecified atom stereocenters. The molecule has 0 aromatic rings. The first-order chi connectivity index (χ1) is 7.63. The van der Waals surface area contributed by atoms with Gasteiger partial charge in [0.25, 0.3) is 0 Å². The van der Waals surface area contributed by atoms with Gasteiger partial charge in [-0.15, -0.1) is 0 Å². The summed E-state index contributed by atoms with van der Waals surface area (Å²) >= 11 is 0. The molecular weight excluding hydrogens is 200 g/mol. The predicted octanol–water partition coefficient (Wildman–Crippen LogP) is 3.24. The lowest BCUT2D eigenvalue weighted by molar-refractivity contribution is -0.119. The van der Waals surface area contributed by atoms with Crippen molar-refractivity contribution in [2.45, 2.75) is 39.0 Å². The standard InChI is InChI=1S/C14H20O2/c1-9-4-6-12(10(2)16-3)13-7-5-11(15)8-14(9)13/h12-13H,2,4-8H2,1,3H3/t12-,13?/m0/s1. The van der Waals surface area contributed by atoms with Gasteiger partial charge in [0, 0.05) is 18.8 Å². The molecule has 88 valence electrons. The minimum atomic E-state index is 0.397. The Bertz CT molecular complexity index is 352. The molecule has 2 aliphatic carbocycles. The van der Waals surface area contributed by atoms with Crippen molar-refractivity contribution in [1.29, 1.82) is 0 Å². The van der Waals surface area contributed by atoms with Crippen LogP contribution in [0.25, 0.3) is 0 Å². The van der Waals surface area contributed by atoms with Gasteiger partial charge in [0.2, 0.25) is 0 Å². The fourth-order valence-electron chi connectivity index (χ4n) is 3.10. The molecule has 2 nitrogen and oxygen atoms in total. The molecule has 0 saturated heterocycles. The summed E-state index contributed by atoms with van der Waals surface area (Å²) in [6.45, 7) is 6.18. The molecule has 2 atom stereocenters. The Hall–Kier alpha value is -1.05. The SMILES string of the molecule is C=C(OC)[C@@H]1CCC(C)=C2CC(=O)CCC21. The van der Waals surface area contributed by atoms with Crippen molar-refractivity contribution in [2.24, 2.45) is 11.8 Å². The average Bonchev–Trinajstić information content (AvgIpc) is 2.29. The number of allylic oxidation sites excluding steroid dienone is 3. The third kappa shape index (κ3) is 1.93. The van der Waals surface area contributed by atoms with E-state index in [0.29, 0.717) is 24.0 Å². The van der Waals surface area contributed by atoms with Crippen LogP contribution in [0.15, 0.2) is 23.5 Å². The number of Topliss-reactive ketones (excluding diaryl/α,β-unsaturated/α-hetero) is 1. The van der Waals surface area contributed by atoms with E-state index in [1.165, 1.54) is 11.1 Å². The number of rotatable bonds is 2. The molecule has 2 rings (SSSR count). The number of carbonyl (C=O) groups excluding carboxylic acids is 1. The molecule has 16 heavy (non-hydrogen) atoms. The van der Waals surface area contributed by atoms with Gasteiger partial charge in [-0.1, -0.05) is 17.7 Å². The summed E-state index contributed by atoms with van der Waals surface area (Å²) in [7, 11) is 1.70. The van der Waals surface area contributed by atoms with Crippen LogP contribution >= 0.6 is 0 Å². The third-order valence-corrected chi connectivity index (χ3v) is 4.11. The Morgan fingerprint density at radius 1 is 1.38 bits per heavy atom. The van der Waals surface area contributed by atoms with Crippen molar-refractivity contribution in [2.75, 3.05) is 7.11 Å². The van der Waals surface area contributed by atoms with E-state index in [4.69, 9.17) is 4.74 Å². The molecule has 0 bridgehead atoms. The number of fused-ring (bicyclic) bond motifs is 1. The minimum absolute atomic E-state index is 0.397. The summed E-state index contributed by atoms with van der Waals surface area (Å²) in [5.74, 6) is 2.23. The van der Waals surface area contributed by atoms with E-state index in [9.17, 15) is 4.79 Å². The molecule has 1 fully saturated rings.